The standard InChI is InChI=1S/C17H23N3.ClH/c1-12-8-15(16-6-4-5-7-17(16)19-12)11-20-10-13(2)18-9-14(20)3;/h4-8,13-14,18H,9-11H2,1-3H3;1H. The van der Waals surface area contributed by atoms with E-state index in [4.69, 9.17) is 0 Å². The summed E-state index contributed by atoms with van der Waals surface area (Å²) in [5, 5.41) is 4.83. The summed E-state index contributed by atoms with van der Waals surface area (Å²) in [7, 11) is 0. The number of hydrogen-bond donors (Lipinski definition) is 1. The van der Waals surface area contributed by atoms with Gasteiger partial charge < -0.3 is 5.32 Å². The molecule has 3 rings (SSSR count). The van der Waals surface area contributed by atoms with E-state index in [2.05, 4.69) is 66.3 Å². The van der Waals surface area contributed by atoms with Crippen LogP contribution in [0.15, 0.2) is 30.3 Å². The highest BCUT2D eigenvalue weighted by Gasteiger charge is 2.22. The molecule has 2 atom stereocenters. The summed E-state index contributed by atoms with van der Waals surface area (Å²) >= 11 is 0. The molecule has 1 saturated heterocycles. The van der Waals surface area contributed by atoms with Gasteiger partial charge in [0, 0.05) is 42.8 Å². The number of aryl methyl sites for hydroxylation is 1. The summed E-state index contributed by atoms with van der Waals surface area (Å²) in [5.41, 5.74) is 3.61. The van der Waals surface area contributed by atoms with E-state index in [1.807, 2.05) is 0 Å². The van der Waals surface area contributed by atoms with E-state index in [0.717, 1.165) is 30.8 Å². The fourth-order valence-corrected chi connectivity index (χ4v) is 3.06. The molecule has 1 N–H and O–H groups in total. The minimum atomic E-state index is 0. The van der Waals surface area contributed by atoms with Crippen molar-refractivity contribution in [1.82, 2.24) is 15.2 Å². The van der Waals surface area contributed by atoms with Gasteiger partial charge in [-0.1, -0.05) is 18.2 Å². The molecule has 2 heterocycles. The highest BCUT2D eigenvalue weighted by atomic mass is 35.5. The molecule has 1 aromatic carbocycles. The van der Waals surface area contributed by atoms with Gasteiger partial charge in [0.05, 0.1) is 5.52 Å². The second-order valence-corrected chi connectivity index (χ2v) is 6.03. The fourth-order valence-electron chi connectivity index (χ4n) is 3.06. The first-order chi connectivity index (χ1) is 9.63. The van der Waals surface area contributed by atoms with Crippen LogP contribution in [0.2, 0.25) is 0 Å². The average Bonchev–Trinajstić information content (AvgIpc) is 2.43. The van der Waals surface area contributed by atoms with Gasteiger partial charge in [-0.05, 0) is 38.5 Å². The Labute approximate surface area is 133 Å². The van der Waals surface area contributed by atoms with Crippen molar-refractivity contribution < 1.29 is 0 Å². The molecule has 2 aromatic rings. The van der Waals surface area contributed by atoms with Crippen LogP contribution in [-0.4, -0.2) is 35.1 Å². The molecule has 1 fully saturated rings. The molecule has 1 aromatic heterocycles. The van der Waals surface area contributed by atoms with E-state index in [0.29, 0.717) is 12.1 Å². The van der Waals surface area contributed by atoms with Crippen molar-refractivity contribution in [3.63, 3.8) is 0 Å². The second kappa shape index (κ2) is 6.73. The smallest absolute Gasteiger partial charge is 0.0708 e. The minimum Gasteiger partial charge on any atom is -0.311 e. The Morgan fingerprint density at radius 1 is 1.29 bits per heavy atom. The van der Waals surface area contributed by atoms with E-state index in [-0.39, 0.29) is 12.4 Å². The molecule has 114 valence electrons. The van der Waals surface area contributed by atoms with Gasteiger partial charge in [-0.2, -0.15) is 0 Å². The lowest BCUT2D eigenvalue weighted by atomic mass is 10.0. The third kappa shape index (κ3) is 3.54. The molecule has 3 nitrogen and oxygen atoms in total. The van der Waals surface area contributed by atoms with Crippen LogP contribution in [0, 0.1) is 6.92 Å². The summed E-state index contributed by atoms with van der Waals surface area (Å²) in [5.74, 6) is 0. The van der Waals surface area contributed by atoms with Crippen LogP contribution in [0.3, 0.4) is 0 Å². The van der Waals surface area contributed by atoms with E-state index in [1.165, 1.54) is 10.9 Å². The molecule has 2 unspecified atom stereocenters. The first kappa shape index (κ1) is 16.2. The molecule has 0 bridgehead atoms. The van der Waals surface area contributed by atoms with Crippen LogP contribution in [0.5, 0.6) is 0 Å². The monoisotopic (exact) mass is 305 g/mol. The van der Waals surface area contributed by atoms with Crippen molar-refractivity contribution in [2.45, 2.75) is 39.4 Å². The molecular weight excluding hydrogens is 282 g/mol. The third-order valence-corrected chi connectivity index (χ3v) is 4.20. The summed E-state index contributed by atoms with van der Waals surface area (Å²) < 4.78 is 0. The normalized spacial score (nSPS) is 23.0. The zero-order valence-corrected chi connectivity index (χ0v) is 13.8. The number of fused-ring (bicyclic) bond motifs is 1. The Balaban J connectivity index is 0.00000161. The van der Waals surface area contributed by atoms with Crippen LogP contribution < -0.4 is 5.32 Å². The molecule has 0 aliphatic carbocycles. The van der Waals surface area contributed by atoms with Gasteiger partial charge in [-0.15, -0.1) is 12.4 Å². The van der Waals surface area contributed by atoms with Crippen molar-refractivity contribution in [3.05, 3.63) is 41.6 Å². The van der Waals surface area contributed by atoms with Crippen molar-refractivity contribution in [2.75, 3.05) is 13.1 Å². The lowest BCUT2D eigenvalue weighted by Gasteiger charge is -2.37. The third-order valence-electron chi connectivity index (χ3n) is 4.20. The molecule has 0 saturated carbocycles. The summed E-state index contributed by atoms with van der Waals surface area (Å²) in [4.78, 5) is 7.20. The van der Waals surface area contributed by atoms with Gasteiger partial charge in [0.1, 0.15) is 0 Å². The largest absolute Gasteiger partial charge is 0.311 e. The lowest BCUT2D eigenvalue weighted by molar-refractivity contribution is 0.139. The maximum Gasteiger partial charge on any atom is 0.0708 e. The average molecular weight is 306 g/mol. The molecule has 1 aliphatic heterocycles. The Kier molecular flexibility index (Phi) is 5.20. The van der Waals surface area contributed by atoms with Gasteiger partial charge in [0.15, 0.2) is 0 Å². The second-order valence-electron chi connectivity index (χ2n) is 6.03. The van der Waals surface area contributed by atoms with Crippen molar-refractivity contribution >= 4 is 23.3 Å². The predicted octanol–water partition coefficient (Wildman–Crippen LogP) is 3.15. The van der Waals surface area contributed by atoms with Crippen molar-refractivity contribution in [1.29, 1.82) is 0 Å². The quantitative estimate of drug-likeness (QED) is 0.924. The molecule has 0 amide bonds. The maximum absolute atomic E-state index is 4.63. The van der Waals surface area contributed by atoms with Crippen LogP contribution in [0.25, 0.3) is 10.9 Å². The Morgan fingerprint density at radius 2 is 2.05 bits per heavy atom. The zero-order valence-electron chi connectivity index (χ0n) is 13.0. The van der Waals surface area contributed by atoms with E-state index < -0.39 is 0 Å². The Morgan fingerprint density at radius 3 is 2.86 bits per heavy atom. The van der Waals surface area contributed by atoms with Gasteiger partial charge >= 0.3 is 0 Å². The molecule has 0 radical (unpaired) electrons. The number of benzene rings is 1. The molecule has 4 heteroatoms. The lowest BCUT2D eigenvalue weighted by Crippen LogP contribution is -2.53. The van der Waals surface area contributed by atoms with Gasteiger partial charge in [-0.25, -0.2) is 0 Å². The number of hydrogen-bond acceptors (Lipinski definition) is 3. The Bertz CT molecular complexity index is 614. The highest BCUT2D eigenvalue weighted by Crippen LogP contribution is 2.21. The summed E-state index contributed by atoms with van der Waals surface area (Å²) in [6, 6.07) is 11.9. The number of rotatable bonds is 2. The van der Waals surface area contributed by atoms with E-state index in [1.54, 1.807) is 0 Å². The number of pyridine rings is 1. The number of nitrogens with one attached hydrogen (secondary N) is 1. The molecular formula is C17H24ClN3. The SMILES string of the molecule is Cc1cc(CN2CC(C)NCC2C)c2ccccc2n1.Cl. The number of nitrogens with zero attached hydrogens (tertiary/aromatic N) is 2. The number of piperazine rings is 1. The first-order valence-electron chi connectivity index (χ1n) is 7.46. The highest BCUT2D eigenvalue weighted by molar-refractivity contribution is 5.85. The number of para-hydroxylation sites is 1. The van der Waals surface area contributed by atoms with Gasteiger partial charge in [0.25, 0.3) is 0 Å². The predicted molar refractivity (Wildman–Crippen MR) is 91.1 cm³/mol. The summed E-state index contributed by atoms with van der Waals surface area (Å²) in [6.45, 7) is 9.83. The topological polar surface area (TPSA) is 28.2 Å². The number of halogens is 1. The van der Waals surface area contributed by atoms with E-state index >= 15 is 0 Å². The zero-order chi connectivity index (χ0) is 14.1. The van der Waals surface area contributed by atoms with Crippen molar-refractivity contribution in [2.24, 2.45) is 0 Å². The number of aromatic nitrogens is 1. The van der Waals surface area contributed by atoms with Crippen LogP contribution in [0.1, 0.15) is 25.1 Å². The fraction of sp³-hybridized carbons (Fsp3) is 0.471. The van der Waals surface area contributed by atoms with Crippen LogP contribution >= 0.6 is 12.4 Å². The first-order valence-corrected chi connectivity index (χ1v) is 7.46. The van der Waals surface area contributed by atoms with Crippen molar-refractivity contribution in [3.8, 4) is 0 Å². The maximum atomic E-state index is 4.63. The van der Waals surface area contributed by atoms with Crippen LogP contribution in [-0.2, 0) is 6.54 Å². The van der Waals surface area contributed by atoms with Gasteiger partial charge in [0.2, 0.25) is 0 Å². The van der Waals surface area contributed by atoms with E-state index in [9.17, 15) is 0 Å². The minimum absolute atomic E-state index is 0. The molecule has 1 aliphatic rings. The Hall–Kier alpha value is -1.16. The molecule has 21 heavy (non-hydrogen) atoms. The van der Waals surface area contributed by atoms with Gasteiger partial charge in [-0.3, -0.25) is 9.88 Å². The van der Waals surface area contributed by atoms with Crippen LogP contribution in [0.4, 0.5) is 0 Å². The molecule has 0 spiro atoms. The summed E-state index contributed by atoms with van der Waals surface area (Å²) in [6.07, 6.45) is 0.